The molecule has 6 rings (SSSR count). The summed E-state index contributed by atoms with van der Waals surface area (Å²) in [6, 6.07) is 41.9. The van der Waals surface area contributed by atoms with Crippen molar-refractivity contribution in [1.29, 1.82) is 0 Å². The first kappa shape index (κ1) is 28.2. The zero-order valence-corrected chi connectivity index (χ0v) is 25.0. The highest BCUT2D eigenvalue weighted by Crippen LogP contribution is 2.53. The second-order valence-corrected chi connectivity index (χ2v) is 11.8. The van der Waals surface area contributed by atoms with Crippen LogP contribution in [0, 0.1) is 0 Å². The molecule has 0 bridgehead atoms. The molecule has 0 aliphatic rings. The molecule has 0 N–H and O–H groups in total. The largest absolute Gasteiger partial charge is 0.466 e. The van der Waals surface area contributed by atoms with Gasteiger partial charge in [-0.1, -0.05) is 108 Å². The van der Waals surface area contributed by atoms with Crippen molar-refractivity contribution in [3.63, 3.8) is 0 Å². The maximum Gasteiger partial charge on any atom is 0.188 e. The second-order valence-electron chi connectivity index (χ2n) is 9.53. The van der Waals surface area contributed by atoms with E-state index in [0.29, 0.717) is 0 Å². The molecule has 0 amide bonds. The number of hydrogen-bond acceptors (Lipinski definition) is 6. The molecule has 0 spiro atoms. The lowest BCUT2D eigenvalue weighted by molar-refractivity contribution is 0.0482. The van der Waals surface area contributed by atoms with Gasteiger partial charge in [-0.25, -0.2) is 0 Å². The van der Waals surface area contributed by atoms with Crippen molar-refractivity contribution < 1.29 is 18.9 Å². The third-order valence-corrected chi connectivity index (χ3v) is 8.83. The fourth-order valence-corrected chi connectivity index (χ4v) is 6.98. The topological polar surface area (TPSA) is 36.9 Å². The summed E-state index contributed by atoms with van der Waals surface area (Å²) >= 11 is 3.35. The van der Waals surface area contributed by atoms with Crippen LogP contribution in [0.4, 0.5) is 0 Å². The van der Waals surface area contributed by atoms with Crippen LogP contribution in [0.25, 0.3) is 32.7 Å². The van der Waals surface area contributed by atoms with Gasteiger partial charge in [0.05, 0.1) is 9.79 Å². The lowest BCUT2D eigenvalue weighted by Gasteiger charge is -2.23. The average Bonchev–Trinajstić information content (AvgIpc) is 3.03. The Bertz CT molecular complexity index is 1670. The molecular formula is C36H30O4S2. The number of hydrogen-bond donors (Lipinski definition) is 0. The van der Waals surface area contributed by atoms with Crippen molar-refractivity contribution in [2.45, 2.75) is 19.6 Å². The van der Waals surface area contributed by atoms with E-state index in [0.717, 1.165) is 63.8 Å². The molecule has 0 aliphatic heterocycles. The maximum absolute atomic E-state index is 6.48. The molecule has 6 aromatic carbocycles. The monoisotopic (exact) mass is 590 g/mol. The van der Waals surface area contributed by atoms with E-state index in [9.17, 15) is 0 Å². The van der Waals surface area contributed by atoms with E-state index in [-0.39, 0.29) is 13.6 Å². The highest BCUT2D eigenvalue weighted by Gasteiger charge is 2.25. The standard InChI is InChI=1S/C36H30O4S2/c1-37-23-39-35-31(41-27-15-5-3-6-16-27)21-25-13-9-11-19-29(25)33(35)34-30-20-12-10-14-26(30)22-32(36(34)40-24-38-2)42-28-17-7-4-8-18-28/h3-22H,23-24H2,1-2H3. The lowest BCUT2D eigenvalue weighted by Crippen LogP contribution is -2.05. The van der Waals surface area contributed by atoms with E-state index in [1.165, 1.54) is 0 Å². The van der Waals surface area contributed by atoms with Gasteiger partial charge in [0, 0.05) is 35.1 Å². The third-order valence-electron chi connectivity index (χ3n) is 6.77. The van der Waals surface area contributed by atoms with Gasteiger partial charge in [0.1, 0.15) is 11.5 Å². The van der Waals surface area contributed by atoms with Crippen molar-refractivity contribution in [2.75, 3.05) is 27.8 Å². The molecule has 0 radical (unpaired) electrons. The maximum atomic E-state index is 6.48. The molecule has 6 aromatic rings. The van der Waals surface area contributed by atoms with E-state index in [4.69, 9.17) is 18.9 Å². The van der Waals surface area contributed by atoms with Crippen molar-refractivity contribution in [3.05, 3.63) is 121 Å². The molecule has 0 fully saturated rings. The first-order valence-electron chi connectivity index (χ1n) is 13.6. The quantitative estimate of drug-likeness (QED) is 0.140. The Kier molecular flexibility index (Phi) is 8.97. The van der Waals surface area contributed by atoms with Crippen LogP contribution in [0.1, 0.15) is 0 Å². The molecule has 4 nitrogen and oxygen atoms in total. The Labute approximate surface area is 254 Å². The summed E-state index contributed by atoms with van der Waals surface area (Å²) < 4.78 is 23.9. The molecule has 0 saturated heterocycles. The van der Waals surface area contributed by atoms with Gasteiger partial charge in [0.25, 0.3) is 0 Å². The Balaban J connectivity index is 1.70. The number of ether oxygens (including phenoxy) is 4. The van der Waals surface area contributed by atoms with Gasteiger partial charge in [-0.2, -0.15) is 0 Å². The number of methoxy groups -OCH3 is 2. The van der Waals surface area contributed by atoms with Gasteiger partial charge in [-0.05, 0) is 57.9 Å². The average molecular weight is 591 g/mol. The fraction of sp³-hybridized carbons (Fsp3) is 0.111. The van der Waals surface area contributed by atoms with E-state index in [1.807, 2.05) is 12.1 Å². The smallest absolute Gasteiger partial charge is 0.188 e. The summed E-state index contributed by atoms with van der Waals surface area (Å²) in [6.45, 7) is 0.219. The summed E-state index contributed by atoms with van der Waals surface area (Å²) in [7, 11) is 3.29. The van der Waals surface area contributed by atoms with Crippen LogP contribution in [0.2, 0.25) is 0 Å². The minimum Gasteiger partial charge on any atom is -0.466 e. The SMILES string of the molecule is COCOc1c(Sc2ccccc2)cc2ccccc2c1-c1c(OCOC)c(Sc2ccccc2)cc2ccccc12. The summed E-state index contributed by atoms with van der Waals surface area (Å²) in [4.78, 5) is 4.23. The molecule has 0 unspecified atom stereocenters. The molecule has 6 heteroatoms. The summed E-state index contributed by atoms with van der Waals surface area (Å²) in [5.41, 5.74) is 1.92. The van der Waals surface area contributed by atoms with Crippen LogP contribution < -0.4 is 9.47 Å². The summed E-state index contributed by atoms with van der Waals surface area (Å²) in [5, 5.41) is 4.35. The van der Waals surface area contributed by atoms with Crippen molar-refractivity contribution in [3.8, 4) is 22.6 Å². The van der Waals surface area contributed by atoms with Gasteiger partial charge in [0.15, 0.2) is 13.6 Å². The lowest BCUT2D eigenvalue weighted by atomic mass is 9.92. The van der Waals surface area contributed by atoms with Crippen molar-refractivity contribution in [1.82, 2.24) is 0 Å². The molecule has 0 aromatic heterocycles. The Morgan fingerprint density at radius 2 is 0.857 bits per heavy atom. The first-order valence-corrected chi connectivity index (χ1v) is 15.2. The predicted molar refractivity (Wildman–Crippen MR) is 173 cm³/mol. The number of fused-ring (bicyclic) bond motifs is 2. The van der Waals surface area contributed by atoms with Gasteiger partial charge in [-0.15, -0.1) is 0 Å². The molecule has 42 heavy (non-hydrogen) atoms. The molecule has 210 valence electrons. The zero-order valence-electron chi connectivity index (χ0n) is 23.4. The van der Waals surface area contributed by atoms with Crippen LogP contribution >= 0.6 is 23.5 Å². The van der Waals surface area contributed by atoms with E-state index >= 15 is 0 Å². The molecular weight excluding hydrogens is 561 g/mol. The fourth-order valence-electron chi connectivity index (χ4n) is 5.01. The van der Waals surface area contributed by atoms with Crippen molar-refractivity contribution >= 4 is 45.1 Å². The Hall–Kier alpha value is -3.94. The van der Waals surface area contributed by atoms with E-state index < -0.39 is 0 Å². The third kappa shape index (κ3) is 5.98. The number of benzene rings is 6. The second kappa shape index (κ2) is 13.4. The van der Waals surface area contributed by atoms with Crippen LogP contribution in [0.15, 0.2) is 141 Å². The summed E-state index contributed by atoms with van der Waals surface area (Å²) in [5.74, 6) is 1.50. The molecule has 0 saturated carbocycles. The van der Waals surface area contributed by atoms with Gasteiger partial charge >= 0.3 is 0 Å². The van der Waals surface area contributed by atoms with Crippen molar-refractivity contribution in [2.24, 2.45) is 0 Å². The first-order chi connectivity index (χ1) is 20.8. The van der Waals surface area contributed by atoms with Gasteiger partial charge in [-0.3, -0.25) is 0 Å². The van der Waals surface area contributed by atoms with Crippen LogP contribution in [0.3, 0.4) is 0 Å². The predicted octanol–water partition coefficient (Wildman–Crippen LogP) is 9.93. The molecule has 0 heterocycles. The Morgan fingerprint density at radius 1 is 0.476 bits per heavy atom. The minimum absolute atomic E-state index is 0.109. The van der Waals surface area contributed by atoms with Crippen LogP contribution in [-0.4, -0.2) is 27.8 Å². The molecule has 0 atom stereocenters. The van der Waals surface area contributed by atoms with Crippen LogP contribution in [0.5, 0.6) is 11.5 Å². The van der Waals surface area contributed by atoms with E-state index in [2.05, 4.69) is 109 Å². The van der Waals surface area contributed by atoms with Gasteiger partial charge < -0.3 is 18.9 Å². The zero-order chi connectivity index (χ0) is 28.7. The highest BCUT2D eigenvalue weighted by atomic mass is 32.2. The minimum atomic E-state index is 0.109. The summed E-state index contributed by atoms with van der Waals surface area (Å²) in [6.07, 6.45) is 0. The van der Waals surface area contributed by atoms with E-state index in [1.54, 1.807) is 37.7 Å². The highest BCUT2D eigenvalue weighted by molar-refractivity contribution is 7.99. The molecule has 0 aliphatic carbocycles. The van der Waals surface area contributed by atoms with Crippen LogP contribution in [-0.2, 0) is 9.47 Å². The normalized spacial score (nSPS) is 11.2. The number of rotatable bonds is 11. The Morgan fingerprint density at radius 3 is 1.26 bits per heavy atom. The van der Waals surface area contributed by atoms with Gasteiger partial charge in [0.2, 0.25) is 0 Å².